The number of pyridine rings is 1. The second-order valence-electron chi connectivity index (χ2n) is 5.09. The molecule has 0 aliphatic heterocycles. The van der Waals surface area contributed by atoms with E-state index in [9.17, 15) is 0 Å². The smallest absolute Gasteiger partial charge is 0.133 e. The van der Waals surface area contributed by atoms with E-state index in [2.05, 4.69) is 48.9 Å². The second-order valence-corrected chi connectivity index (χ2v) is 5.36. The van der Waals surface area contributed by atoms with Gasteiger partial charge in [0.25, 0.3) is 0 Å². The Bertz CT molecular complexity index is 391. The molecule has 0 amide bonds. The summed E-state index contributed by atoms with van der Waals surface area (Å²) < 4.78 is 0. The topological polar surface area (TPSA) is 19.4 Å². The third-order valence-corrected chi connectivity index (χ3v) is 3.31. The summed E-state index contributed by atoms with van der Waals surface area (Å²) in [7, 11) is 6.28. The first kappa shape index (κ1) is 15.3. The quantitative estimate of drug-likeness (QED) is 0.741. The average molecular weight is 270 g/mol. The summed E-state index contributed by atoms with van der Waals surface area (Å²) >= 11 is 6.04. The standard InChI is InChI=1S/C14H24ClN3/c1-11-9-12(2)16-14(13(11)10-15)18(5)8-6-7-17(3)4/h9H,6-8,10H2,1-5H3. The fourth-order valence-electron chi connectivity index (χ4n) is 2.05. The minimum absolute atomic E-state index is 0.520. The normalized spacial score (nSPS) is 11.1. The first-order valence-electron chi connectivity index (χ1n) is 6.34. The minimum Gasteiger partial charge on any atom is -0.359 e. The van der Waals surface area contributed by atoms with Gasteiger partial charge < -0.3 is 9.80 Å². The molecular formula is C14H24ClN3. The lowest BCUT2D eigenvalue weighted by Gasteiger charge is -2.23. The van der Waals surface area contributed by atoms with Crippen molar-refractivity contribution in [3.63, 3.8) is 0 Å². The van der Waals surface area contributed by atoms with E-state index in [1.54, 1.807) is 0 Å². The highest BCUT2D eigenvalue weighted by molar-refractivity contribution is 6.17. The Morgan fingerprint density at radius 3 is 2.39 bits per heavy atom. The predicted molar refractivity (Wildman–Crippen MR) is 79.7 cm³/mol. The Kier molecular flexibility index (Phi) is 5.89. The summed E-state index contributed by atoms with van der Waals surface area (Å²) in [4.78, 5) is 9.04. The summed E-state index contributed by atoms with van der Waals surface area (Å²) in [6.07, 6.45) is 1.12. The maximum atomic E-state index is 6.04. The van der Waals surface area contributed by atoms with E-state index < -0.39 is 0 Å². The molecule has 1 rings (SSSR count). The lowest BCUT2D eigenvalue weighted by Crippen LogP contribution is -2.25. The molecule has 1 aromatic heterocycles. The molecule has 0 saturated carbocycles. The lowest BCUT2D eigenvalue weighted by atomic mass is 10.1. The van der Waals surface area contributed by atoms with Gasteiger partial charge in [-0.05, 0) is 52.5 Å². The average Bonchev–Trinajstić information content (AvgIpc) is 2.27. The van der Waals surface area contributed by atoms with Crippen LogP contribution in [0.1, 0.15) is 23.2 Å². The van der Waals surface area contributed by atoms with Crippen LogP contribution in [-0.2, 0) is 5.88 Å². The number of nitrogens with zero attached hydrogens (tertiary/aromatic N) is 3. The van der Waals surface area contributed by atoms with Gasteiger partial charge in [0.05, 0.1) is 5.88 Å². The van der Waals surface area contributed by atoms with Gasteiger partial charge in [0.1, 0.15) is 5.82 Å². The molecule has 4 heteroatoms. The largest absolute Gasteiger partial charge is 0.359 e. The van der Waals surface area contributed by atoms with Crippen LogP contribution in [0.3, 0.4) is 0 Å². The molecule has 3 nitrogen and oxygen atoms in total. The molecule has 0 aliphatic carbocycles. The molecule has 0 bridgehead atoms. The molecule has 0 aromatic carbocycles. The number of rotatable bonds is 6. The van der Waals surface area contributed by atoms with Crippen molar-refractivity contribution in [3.8, 4) is 0 Å². The third-order valence-electron chi connectivity index (χ3n) is 3.05. The van der Waals surface area contributed by atoms with Crippen LogP contribution in [0.4, 0.5) is 5.82 Å². The molecule has 18 heavy (non-hydrogen) atoms. The Labute approximate surface area is 116 Å². The molecule has 0 spiro atoms. The first-order valence-corrected chi connectivity index (χ1v) is 6.88. The molecule has 0 N–H and O–H groups in total. The van der Waals surface area contributed by atoms with E-state index in [-0.39, 0.29) is 0 Å². The SMILES string of the molecule is Cc1cc(C)c(CCl)c(N(C)CCCN(C)C)n1. The van der Waals surface area contributed by atoms with E-state index in [4.69, 9.17) is 11.6 Å². The highest BCUT2D eigenvalue weighted by Gasteiger charge is 2.11. The zero-order valence-corrected chi connectivity index (χ0v) is 12.9. The molecular weight excluding hydrogens is 246 g/mol. The second kappa shape index (κ2) is 6.95. The van der Waals surface area contributed by atoms with E-state index >= 15 is 0 Å². The Morgan fingerprint density at radius 1 is 1.17 bits per heavy atom. The van der Waals surface area contributed by atoms with Crippen LogP contribution in [0, 0.1) is 13.8 Å². The van der Waals surface area contributed by atoms with Crippen molar-refractivity contribution in [3.05, 3.63) is 22.9 Å². The molecule has 0 atom stereocenters. The maximum Gasteiger partial charge on any atom is 0.133 e. The van der Waals surface area contributed by atoms with Crippen LogP contribution in [-0.4, -0.2) is 44.1 Å². The number of hydrogen-bond acceptors (Lipinski definition) is 3. The van der Waals surface area contributed by atoms with Gasteiger partial charge in [0.2, 0.25) is 0 Å². The zero-order valence-electron chi connectivity index (χ0n) is 12.1. The van der Waals surface area contributed by atoms with Gasteiger partial charge in [0, 0.05) is 24.8 Å². The summed E-state index contributed by atoms with van der Waals surface area (Å²) in [6.45, 7) is 6.22. The number of hydrogen-bond donors (Lipinski definition) is 0. The van der Waals surface area contributed by atoms with Crippen LogP contribution in [0.5, 0.6) is 0 Å². The molecule has 0 radical (unpaired) electrons. The number of halogens is 1. The van der Waals surface area contributed by atoms with Gasteiger partial charge in [-0.1, -0.05) is 0 Å². The highest BCUT2D eigenvalue weighted by Crippen LogP contribution is 2.23. The van der Waals surface area contributed by atoms with E-state index in [1.807, 2.05) is 6.92 Å². The molecule has 0 aliphatic rings. The number of anilines is 1. The summed E-state index contributed by atoms with van der Waals surface area (Å²) in [5.74, 6) is 1.55. The summed E-state index contributed by atoms with van der Waals surface area (Å²) in [6, 6.07) is 2.09. The molecule has 0 fully saturated rings. The minimum atomic E-state index is 0.520. The molecule has 1 heterocycles. The third kappa shape index (κ3) is 4.14. The predicted octanol–water partition coefficient (Wildman–Crippen LogP) is 2.83. The van der Waals surface area contributed by atoms with Crippen LogP contribution in [0.2, 0.25) is 0 Å². The van der Waals surface area contributed by atoms with Gasteiger partial charge in [-0.15, -0.1) is 11.6 Å². The van der Waals surface area contributed by atoms with Crippen molar-refractivity contribution >= 4 is 17.4 Å². The fraction of sp³-hybridized carbons (Fsp3) is 0.643. The highest BCUT2D eigenvalue weighted by atomic mass is 35.5. The molecule has 1 aromatic rings. The van der Waals surface area contributed by atoms with Crippen molar-refractivity contribution in [2.24, 2.45) is 0 Å². The summed E-state index contributed by atoms with van der Waals surface area (Å²) in [5.41, 5.74) is 3.43. The van der Waals surface area contributed by atoms with Crippen molar-refractivity contribution in [2.45, 2.75) is 26.1 Å². The zero-order chi connectivity index (χ0) is 13.7. The first-order chi connectivity index (χ1) is 8.45. The van der Waals surface area contributed by atoms with Crippen LogP contribution in [0.15, 0.2) is 6.07 Å². The van der Waals surface area contributed by atoms with Gasteiger partial charge in [-0.25, -0.2) is 4.98 Å². The van der Waals surface area contributed by atoms with E-state index in [1.165, 1.54) is 5.56 Å². The number of aryl methyl sites for hydroxylation is 2. The van der Waals surface area contributed by atoms with E-state index in [0.29, 0.717) is 5.88 Å². The monoisotopic (exact) mass is 269 g/mol. The van der Waals surface area contributed by atoms with Gasteiger partial charge >= 0.3 is 0 Å². The Hall–Kier alpha value is -0.800. The van der Waals surface area contributed by atoms with Crippen molar-refractivity contribution in [2.75, 3.05) is 39.1 Å². The molecule has 0 saturated heterocycles. The fourth-order valence-corrected chi connectivity index (χ4v) is 2.38. The van der Waals surface area contributed by atoms with Crippen molar-refractivity contribution < 1.29 is 0 Å². The van der Waals surface area contributed by atoms with Gasteiger partial charge in [-0.2, -0.15) is 0 Å². The van der Waals surface area contributed by atoms with Gasteiger partial charge in [0.15, 0.2) is 0 Å². The van der Waals surface area contributed by atoms with E-state index in [0.717, 1.165) is 36.6 Å². The maximum absolute atomic E-state index is 6.04. The van der Waals surface area contributed by atoms with Gasteiger partial charge in [-0.3, -0.25) is 0 Å². The van der Waals surface area contributed by atoms with Crippen molar-refractivity contribution in [1.29, 1.82) is 0 Å². The Balaban J connectivity index is 2.80. The van der Waals surface area contributed by atoms with Crippen molar-refractivity contribution in [1.82, 2.24) is 9.88 Å². The Morgan fingerprint density at radius 2 is 1.83 bits per heavy atom. The van der Waals surface area contributed by atoms with Crippen LogP contribution in [0.25, 0.3) is 0 Å². The molecule has 102 valence electrons. The molecule has 0 unspecified atom stereocenters. The summed E-state index contributed by atoms with van der Waals surface area (Å²) in [5, 5.41) is 0. The number of alkyl halides is 1. The number of aromatic nitrogens is 1. The lowest BCUT2D eigenvalue weighted by molar-refractivity contribution is 0.401. The van der Waals surface area contributed by atoms with Crippen LogP contribution < -0.4 is 4.90 Å². The van der Waals surface area contributed by atoms with Crippen LogP contribution >= 0.6 is 11.6 Å².